The molecule has 1 aromatic carbocycles. The average Bonchev–Trinajstić information content (AvgIpc) is 3.34. The monoisotopic (exact) mass is 492 g/mol. The minimum Gasteiger partial charge on any atom is -0.415 e. The van der Waals surface area contributed by atoms with Crippen LogP contribution in [0.3, 0.4) is 0 Å². The summed E-state index contributed by atoms with van der Waals surface area (Å²) in [5.41, 5.74) is 2.18. The van der Waals surface area contributed by atoms with Crippen LogP contribution in [0.25, 0.3) is 11.4 Å². The zero-order valence-corrected chi connectivity index (χ0v) is 22.9. The smallest absolute Gasteiger partial charge is 0.192 e. The van der Waals surface area contributed by atoms with Crippen molar-refractivity contribution in [3.8, 4) is 11.4 Å². The van der Waals surface area contributed by atoms with Gasteiger partial charge in [0.2, 0.25) is 0 Å². The first kappa shape index (κ1) is 24.1. The van der Waals surface area contributed by atoms with E-state index in [2.05, 4.69) is 78.7 Å². The number of halogens is 1. The van der Waals surface area contributed by atoms with E-state index in [0.29, 0.717) is 0 Å². The fourth-order valence-corrected chi connectivity index (χ4v) is 6.79. The summed E-state index contributed by atoms with van der Waals surface area (Å²) >= 11 is 8.75. The summed E-state index contributed by atoms with van der Waals surface area (Å²) in [5.74, 6) is 2.93. The molecule has 1 atom stereocenters. The van der Waals surface area contributed by atoms with Crippen molar-refractivity contribution in [1.82, 2.24) is 14.8 Å². The molecular formula is C24H37ClN4OSSi. The minimum atomic E-state index is -1.79. The van der Waals surface area contributed by atoms with Gasteiger partial charge in [0, 0.05) is 54.4 Å². The first-order chi connectivity index (χ1) is 15.0. The molecule has 4 rings (SSSR count). The normalized spacial score (nSPS) is 22.2. The maximum Gasteiger partial charge on any atom is 0.192 e. The molecule has 0 aliphatic carbocycles. The van der Waals surface area contributed by atoms with Crippen molar-refractivity contribution in [2.45, 2.75) is 76.4 Å². The van der Waals surface area contributed by atoms with Gasteiger partial charge in [-0.15, -0.1) is 10.2 Å². The van der Waals surface area contributed by atoms with Crippen LogP contribution in [-0.2, 0) is 17.4 Å². The van der Waals surface area contributed by atoms with Gasteiger partial charge in [0.15, 0.2) is 14.1 Å². The molecule has 2 aromatic rings. The second kappa shape index (κ2) is 8.97. The van der Waals surface area contributed by atoms with E-state index in [0.717, 1.165) is 60.6 Å². The molecule has 8 heteroatoms. The van der Waals surface area contributed by atoms with Gasteiger partial charge in [0.25, 0.3) is 0 Å². The van der Waals surface area contributed by atoms with E-state index in [1.807, 2.05) is 11.8 Å². The molecule has 5 nitrogen and oxygen atoms in total. The number of fused-ring (bicyclic) bond motifs is 1. The summed E-state index contributed by atoms with van der Waals surface area (Å²) < 4.78 is 8.88. The topological polar surface area (TPSA) is 43.2 Å². The summed E-state index contributed by atoms with van der Waals surface area (Å²) in [7, 11) is -1.79. The Morgan fingerprint density at radius 1 is 1.16 bits per heavy atom. The molecule has 0 radical (unpaired) electrons. The quantitative estimate of drug-likeness (QED) is 0.460. The van der Waals surface area contributed by atoms with E-state index in [4.69, 9.17) is 16.0 Å². The Morgan fingerprint density at radius 3 is 2.53 bits per heavy atom. The number of benzene rings is 1. The lowest BCUT2D eigenvalue weighted by molar-refractivity contribution is 0.252. The fraction of sp³-hybridized carbons (Fsp3) is 0.667. The third-order valence-electron chi connectivity index (χ3n) is 7.33. The average molecular weight is 493 g/mol. The van der Waals surface area contributed by atoms with Crippen LogP contribution in [0.2, 0.25) is 23.2 Å². The summed E-state index contributed by atoms with van der Waals surface area (Å²) in [6.45, 7) is 17.7. The molecule has 2 aliphatic rings. The first-order valence-electron chi connectivity index (χ1n) is 11.7. The Morgan fingerprint density at radius 2 is 1.88 bits per heavy atom. The molecule has 1 fully saturated rings. The maximum atomic E-state index is 6.75. The van der Waals surface area contributed by atoms with Crippen molar-refractivity contribution >= 4 is 37.4 Å². The van der Waals surface area contributed by atoms with E-state index in [9.17, 15) is 0 Å². The van der Waals surface area contributed by atoms with Crippen molar-refractivity contribution in [3.63, 3.8) is 0 Å². The van der Waals surface area contributed by atoms with Crippen LogP contribution in [-0.4, -0.2) is 53.3 Å². The second-order valence-electron chi connectivity index (χ2n) is 11.0. The minimum absolute atomic E-state index is 0.00250. The predicted molar refractivity (Wildman–Crippen MR) is 140 cm³/mol. The molecule has 0 bridgehead atoms. The largest absolute Gasteiger partial charge is 0.415 e. The number of rotatable bonds is 5. The number of hydrogen-bond acceptors (Lipinski definition) is 5. The lowest BCUT2D eigenvalue weighted by Crippen LogP contribution is -2.45. The number of nitrogens with zero attached hydrogens (tertiary/aromatic N) is 4. The van der Waals surface area contributed by atoms with Crippen molar-refractivity contribution in [3.05, 3.63) is 29.0 Å². The van der Waals surface area contributed by atoms with Crippen LogP contribution in [0.1, 0.15) is 46.4 Å². The molecule has 176 valence electrons. The summed E-state index contributed by atoms with van der Waals surface area (Å²) in [4.78, 5) is 2.41. The van der Waals surface area contributed by atoms with Crippen LogP contribution in [0.4, 0.5) is 5.69 Å². The van der Waals surface area contributed by atoms with E-state index in [-0.39, 0.29) is 9.79 Å². The molecule has 0 spiro atoms. The van der Waals surface area contributed by atoms with E-state index < -0.39 is 8.32 Å². The maximum absolute atomic E-state index is 6.75. The van der Waals surface area contributed by atoms with Gasteiger partial charge in [-0.2, -0.15) is 11.8 Å². The van der Waals surface area contributed by atoms with Gasteiger partial charge in [0.1, 0.15) is 5.82 Å². The Hall–Kier alpha value is -1.02. The highest BCUT2D eigenvalue weighted by atomic mass is 35.5. The molecule has 3 heterocycles. The first-order valence-corrected chi connectivity index (χ1v) is 16.0. The zero-order valence-electron chi connectivity index (χ0n) is 20.4. The van der Waals surface area contributed by atoms with E-state index in [1.54, 1.807) is 0 Å². The molecule has 1 saturated heterocycles. The number of thioether (sulfide) groups is 1. The van der Waals surface area contributed by atoms with Gasteiger partial charge in [-0.1, -0.05) is 32.4 Å². The molecule has 2 aliphatic heterocycles. The molecule has 0 amide bonds. The fourth-order valence-electron chi connectivity index (χ4n) is 4.17. The highest BCUT2D eigenvalue weighted by Gasteiger charge is 2.40. The van der Waals surface area contributed by atoms with E-state index in [1.165, 1.54) is 18.5 Å². The highest BCUT2D eigenvalue weighted by Crippen LogP contribution is 2.40. The molecule has 0 saturated carbocycles. The molecule has 0 N–H and O–H groups in total. The molecule has 32 heavy (non-hydrogen) atoms. The van der Waals surface area contributed by atoms with Crippen LogP contribution in [0.5, 0.6) is 0 Å². The van der Waals surface area contributed by atoms with Crippen molar-refractivity contribution in [2.24, 2.45) is 0 Å². The van der Waals surface area contributed by atoms with Gasteiger partial charge in [-0.05, 0) is 56.1 Å². The standard InChI is InChI=1S/C24H37ClN4OSSi/c1-23(2,3)32(5,6)30-17-24(4)16-21-26-27-22(29(21)13-14-31-24)19-10-9-18(15-20(19)25)28-11-7-8-12-28/h9-10,15H,7-8,11-14,16-17H2,1-6H3. The summed E-state index contributed by atoms with van der Waals surface area (Å²) in [5, 5.41) is 10.2. The second-order valence-corrected chi connectivity index (χ2v) is 17.9. The summed E-state index contributed by atoms with van der Waals surface area (Å²) in [6, 6.07) is 6.38. The zero-order chi connectivity index (χ0) is 23.1. The van der Waals surface area contributed by atoms with Gasteiger partial charge in [-0.25, -0.2) is 0 Å². The Bertz CT molecular complexity index is 967. The number of hydrogen-bond donors (Lipinski definition) is 0. The molecule has 1 aromatic heterocycles. The van der Waals surface area contributed by atoms with Crippen molar-refractivity contribution in [2.75, 3.05) is 30.3 Å². The summed E-state index contributed by atoms with van der Waals surface area (Å²) in [6.07, 6.45) is 3.36. The van der Waals surface area contributed by atoms with Gasteiger partial charge >= 0.3 is 0 Å². The van der Waals surface area contributed by atoms with Crippen LogP contribution in [0, 0.1) is 0 Å². The van der Waals surface area contributed by atoms with Crippen LogP contribution >= 0.6 is 23.4 Å². The van der Waals surface area contributed by atoms with Crippen molar-refractivity contribution in [1.29, 1.82) is 0 Å². The Kier molecular flexibility index (Phi) is 6.76. The Labute approximate surface area is 203 Å². The molecule has 1 unspecified atom stereocenters. The lowest BCUT2D eigenvalue weighted by Gasteiger charge is -2.39. The third-order valence-corrected chi connectivity index (χ3v) is 13.5. The van der Waals surface area contributed by atoms with Gasteiger partial charge in [0.05, 0.1) is 5.02 Å². The predicted octanol–water partition coefficient (Wildman–Crippen LogP) is 6.27. The Balaban J connectivity index is 1.54. The number of aromatic nitrogens is 3. The van der Waals surface area contributed by atoms with Crippen LogP contribution < -0.4 is 4.90 Å². The SMILES string of the molecule is CC1(CO[Si](C)(C)C(C)(C)C)Cc2nnc(-c3ccc(N4CCCC4)cc3Cl)n2CCS1. The lowest BCUT2D eigenvalue weighted by atomic mass is 10.1. The van der Waals surface area contributed by atoms with Gasteiger partial charge < -0.3 is 13.9 Å². The highest BCUT2D eigenvalue weighted by molar-refractivity contribution is 8.00. The van der Waals surface area contributed by atoms with Crippen molar-refractivity contribution < 1.29 is 4.43 Å². The van der Waals surface area contributed by atoms with Crippen LogP contribution in [0.15, 0.2) is 18.2 Å². The molecular weight excluding hydrogens is 456 g/mol. The number of anilines is 1. The van der Waals surface area contributed by atoms with Gasteiger partial charge in [-0.3, -0.25) is 0 Å². The van der Waals surface area contributed by atoms with E-state index >= 15 is 0 Å². The third kappa shape index (κ3) is 4.91.